The molecule has 2 rings (SSSR count). The first-order chi connectivity index (χ1) is 8.13. The van der Waals surface area contributed by atoms with Gasteiger partial charge in [-0.25, -0.2) is 5.84 Å². The summed E-state index contributed by atoms with van der Waals surface area (Å²) in [5.41, 5.74) is 1.24. The van der Waals surface area contributed by atoms with Crippen molar-refractivity contribution in [2.75, 3.05) is 0 Å². The minimum atomic E-state index is -1.52. The van der Waals surface area contributed by atoms with Gasteiger partial charge in [-0.3, -0.25) is 10.2 Å². The third kappa shape index (κ3) is 2.41. The number of hydrogen-bond donors (Lipinski definition) is 2. The van der Waals surface area contributed by atoms with Gasteiger partial charge in [-0.2, -0.15) is 0 Å². The van der Waals surface area contributed by atoms with E-state index >= 15 is 0 Å². The van der Waals surface area contributed by atoms with Gasteiger partial charge < -0.3 is 9.90 Å². The Labute approximate surface area is 148 Å². The third-order valence-electron chi connectivity index (χ3n) is 3.52. The molecular formula is C12H13KN2O3. The van der Waals surface area contributed by atoms with Crippen LogP contribution in [-0.2, 0) is 9.59 Å². The van der Waals surface area contributed by atoms with Crippen molar-refractivity contribution < 1.29 is 66.1 Å². The number of aliphatic carboxylic acids is 1. The normalized spacial score (nSPS) is 25.5. The Bertz CT molecular complexity index is 452. The fourth-order valence-corrected chi connectivity index (χ4v) is 2.45. The van der Waals surface area contributed by atoms with Gasteiger partial charge in [-0.15, -0.1) is 0 Å². The van der Waals surface area contributed by atoms with Crippen molar-refractivity contribution in [2.24, 2.45) is 11.3 Å². The smallest absolute Gasteiger partial charge is 0.549 e. The molecule has 1 fully saturated rings. The van der Waals surface area contributed by atoms with E-state index in [2.05, 4.69) is 0 Å². The van der Waals surface area contributed by atoms with Crippen molar-refractivity contribution in [1.29, 1.82) is 0 Å². The van der Waals surface area contributed by atoms with Crippen molar-refractivity contribution in [1.82, 2.24) is 5.43 Å². The topological polar surface area (TPSA) is 95.2 Å². The molecular weight excluding hydrogens is 259 g/mol. The van der Waals surface area contributed by atoms with Gasteiger partial charge in [0.1, 0.15) is 0 Å². The van der Waals surface area contributed by atoms with E-state index in [4.69, 9.17) is 5.84 Å². The first-order valence-corrected chi connectivity index (χ1v) is 5.40. The van der Waals surface area contributed by atoms with Crippen molar-refractivity contribution in [3.8, 4) is 0 Å². The summed E-state index contributed by atoms with van der Waals surface area (Å²) in [6, 6.07) is 9.09. The molecule has 0 saturated heterocycles. The minimum Gasteiger partial charge on any atom is -0.549 e. The van der Waals surface area contributed by atoms with Gasteiger partial charge >= 0.3 is 51.4 Å². The maximum atomic E-state index is 11.7. The molecule has 0 aliphatic heterocycles. The fraction of sp³-hybridized carbons (Fsp3) is 0.333. The number of carboxylic acid groups (broad SMARTS) is 1. The minimum absolute atomic E-state index is 0. The molecule has 6 heteroatoms. The quantitative estimate of drug-likeness (QED) is 0.195. The van der Waals surface area contributed by atoms with Gasteiger partial charge in [0.25, 0.3) is 0 Å². The molecule has 0 aromatic heterocycles. The number of carbonyl (C=O) groups excluding carboxylic acids is 2. The summed E-state index contributed by atoms with van der Waals surface area (Å²) in [5.74, 6) is 2.65. The van der Waals surface area contributed by atoms with Crippen LogP contribution in [0.3, 0.4) is 0 Å². The Kier molecular flexibility index (Phi) is 5.51. The summed E-state index contributed by atoms with van der Waals surface area (Å²) in [5, 5.41) is 11.3. The zero-order valence-corrected chi connectivity index (χ0v) is 13.3. The Balaban J connectivity index is 0.00000162. The van der Waals surface area contributed by atoms with Crippen LogP contribution < -0.4 is 67.8 Å². The Morgan fingerprint density at radius 3 is 2.33 bits per heavy atom. The van der Waals surface area contributed by atoms with Crippen molar-refractivity contribution in [3.63, 3.8) is 0 Å². The van der Waals surface area contributed by atoms with Gasteiger partial charge in [0.05, 0.1) is 11.4 Å². The summed E-state index contributed by atoms with van der Waals surface area (Å²) in [4.78, 5) is 22.9. The van der Waals surface area contributed by atoms with Crippen LogP contribution in [0.15, 0.2) is 30.3 Å². The largest absolute Gasteiger partial charge is 1.00 e. The molecule has 1 aliphatic rings. The SMILES string of the molecule is NNC(=O)C1(C(=O)[O-])CCC1c1ccccc1.[K+]. The van der Waals surface area contributed by atoms with Crippen LogP contribution in [0, 0.1) is 5.41 Å². The van der Waals surface area contributed by atoms with E-state index in [0.717, 1.165) is 5.56 Å². The monoisotopic (exact) mass is 272 g/mol. The predicted molar refractivity (Wildman–Crippen MR) is 58.2 cm³/mol. The van der Waals surface area contributed by atoms with Crippen molar-refractivity contribution in [3.05, 3.63) is 35.9 Å². The molecule has 18 heavy (non-hydrogen) atoms. The number of carbonyl (C=O) groups is 2. The second-order valence-corrected chi connectivity index (χ2v) is 4.23. The first-order valence-electron chi connectivity index (χ1n) is 5.40. The van der Waals surface area contributed by atoms with Gasteiger partial charge in [0.15, 0.2) is 0 Å². The van der Waals surface area contributed by atoms with Gasteiger partial charge in [-0.1, -0.05) is 30.3 Å². The number of hydrazine groups is 1. The maximum absolute atomic E-state index is 11.7. The van der Waals surface area contributed by atoms with Crippen LogP contribution in [0.2, 0.25) is 0 Å². The number of carboxylic acids is 1. The molecule has 3 N–H and O–H groups in total. The number of rotatable bonds is 3. The van der Waals surface area contributed by atoms with Gasteiger partial charge in [-0.05, 0) is 18.4 Å². The Morgan fingerprint density at radius 2 is 1.94 bits per heavy atom. The number of hydrogen-bond acceptors (Lipinski definition) is 4. The molecule has 0 bridgehead atoms. The number of amides is 1. The number of nitrogens with one attached hydrogen (secondary N) is 1. The molecule has 0 spiro atoms. The maximum Gasteiger partial charge on any atom is 1.00 e. The van der Waals surface area contributed by atoms with Crippen LogP contribution in [0.25, 0.3) is 0 Å². The molecule has 90 valence electrons. The molecule has 1 aromatic rings. The van der Waals surface area contributed by atoms with Crippen LogP contribution in [0.1, 0.15) is 24.3 Å². The summed E-state index contributed by atoms with van der Waals surface area (Å²) < 4.78 is 0. The van der Waals surface area contributed by atoms with E-state index in [-0.39, 0.29) is 63.7 Å². The molecule has 2 atom stereocenters. The second-order valence-electron chi connectivity index (χ2n) is 4.23. The Morgan fingerprint density at radius 1 is 1.33 bits per heavy atom. The fourth-order valence-electron chi connectivity index (χ4n) is 2.45. The Hall–Kier alpha value is -0.244. The van der Waals surface area contributed by atoms with E-state index in [0.29, 0.717) is 6.42 Å². The van der Waals surface area contributed by atoms with E-state index < -0.39 is 17.3 Å². The zero-order chi connectivity index (χ0) is 12.5. The molecule has 0 heterocycles. The van der Waals surface area contributed by atoms with Gasteiger partial charge in [0, 0.05) is 5.92 Å². The van der Waals surface area contributed by atoms with Crippen LogP contribution in [0.4, 0.5) is 0 Å². The average Bonchev–Trinajstić information content (AvgIpc) is 2.29. The molecule has 1 amide bonds. The van der Waals surface area contributed by atoms with Crippen LogP contribution >= 0.6 is 0 Å². The van der Waals surface area contributed by atoms with E-state index in [1.54, 1.807) is 0 Å². The van der Waals surface area contributed by atoms with Crippen LogP contribution in [-0.4, -0.2) is 11.9 Å². The zero-order valence-electron chi connectivity index (χ0n) is 10.2. The summed E-state index contributed by atoms with van der Waals surface area (Å²) in [6.07, 6.45) is 0.906. The van der Waals surface area contributed by atoms with E-state index in [1.165, 1.54) is 0 Å². The number of nitrogens with two attached hydrogens (primary N) is 1. The molecule has 5 nitrogen and oxygen atoms in total. The molecule has 0 radical (unpaired) electrons. The van der Waals surface area contributed by atoms with Crippen LogP contribution in [0.5, 0.6) is 0 Å². The third-order valence-corrected chi connectivity index (χ3v) is 3.52. The predicted octanol–water partition coefficient (Wildman–Crippen LogP) is -3.71. The van der Waals surface area contributed by atoms with E-state index in [9.17, 15) is 14.7 Å². The second kappa shape index (κ2) is 6.27. The summed E-state index contributed by atoms with van der Waals surface area (Å²) in [7, 11) is 0. The summed E-state index contributed by atoms with van der Waals surface area (Å²) >= 11 is 0. The van der Waals surface area contributed by atoms with Crippen molar-refractivity contribution >= 4 is 11.9 Å². The van der Waals surface area contributed by atoms with Crippen molar-refractivity contribution in [2.45, 2.75) is 18.8 Å². The molecule has 1 aliphatic carbocycles. The molecule has 1 aromatic carbocycles. The summed E-state index contributed by atoms with van der Waals surface area (Å²) in [6.45, 7) is 0. The molecule has 2 unspecified atom stereocenters. The first kappa shape index (κ1) is 15.8. The van der Waals surface area contributed by atoms with E-state index in [1.807, 2.05) is 35.8 Å². The van der Waals surface area contributed by atoms with Gasteiger partial charge in [0.2, 0.25) is 5.91 Å². The average molecular weight is 272 g/mol. The number of benzene rings is 1. The molecule has 1 saturated carbocycles. The standard InChI is InChI=1S/C12H14N2O3.K/c13-14-10(15)12(11(16)17)7-6-9(12)8-4-2-1-3-5-8;/h1-5,9H,6-7,13H2,(H,14,15)(H,16,17);/q;+1/p-1.